The van der Waals surface area contributed by atoms with Gasteiger partial charge >= 0.3 is 0 Å². The molecular weight excluding hydrogens is 342 g/mol. The molecule has 27 heavy (non-hydrogen) atoms. The Balaban J connectivity index is 1.81. The van der Waals surface area contributed by atoms with Crippen LogP contribution in [0, 0.1) is 0 Å². The van der Waals surface area contributed by atoms with Crippen LogP contribution in [0.25, 0.3) is 0 Å². The summed E-state index contributed by atoms with van der Waals surface area (Å²) in [5.41, 5.74) is 2.22. The van der Waals surface area contributed by atoms with E-state index in [1.807, 2.05) is 43.3 Å². The second-order valence-corrected chi connectivity index (χ2v) is 5.85. The van der Waals surface area contributed by atoms with Gasteiger partial charge in [-0.1, -0.05) is 36.4 Å². The molecule has 0 aliphatic heterocycles. The van der Waals surface area contributed by atoms with Crippen molar-refractivity contribution < 1.29 is 14.2 Å². The Kier molecular flexibility index (Phi) is 9.00. The molecule has 0 spiro atoms. The molecule has 0 amide bonds. The van der Waals surface area contributed by atoms with Crippen molar-refractivity contribution in [3.8, 4) is 11.5 Å². The number of hydrogen-bond acceptors (Lipinski definition) is 4. The quantitative estimate of drug-likeness (QED) is 0.382. The van der Waals surface area contributed by atoms with Crippen LogP contribution in [0.5, 0.6) is 11.5 Å². The van der Waals surface area contributed by atoms with E-state index in [2.05, 4.69) is 27.8 Å². The van der Waals surface area contributed by atoms with Gasteiger partial charge in [0.1, 0.15) is 0 Å². The van der Waals surface area contributed by atoms with Crippen molar-refractivity contribution in [2.45, 2.75) is 20.1 Å². The summed E-state index contributed by atoms with van der Waals surface area (Å²) in [4.78, 5) is 4.61. The lowest BCUT2D eigenvalue weighted by atomic mass is 10.2. The third-order valence-electron chi connectivity index (χ3n) is 3.86. The molecule has 0 saturated heterocycles. The van der Waals surface area contributed by atoms with Crippen LogP contribution in [0.3, 0.4) is 0 Å². The van der Waals surface area contributed by atoms with Crippen LogP contribution in [0.15, 0.2) is 53.5 Å². The van der Waals surface area contributed by atoms with Gasteiger partial charge in [0.25, 0.3) is 0 Å². The highest BCUT2D eigenvalue weighted by Gasteiger charge is 2.04. The fourth-order valence-corrected chi connectivity index (χ4v) is 2.50. The van der Waals surface area contributed by atoms with Crippen LogP contribution < -0.4 is 20.1 Å². The van der Waals surface area contributed by atoms with E-state index in [1.165, 1.54) is 5.56 Å². The molecule has 6 nitrogen and oxygen atoms in total. The molecule has 0 bridgehead atoms. The van der Waals surface area contributed by atoms with Gasteiger partial charge in [0.15, 0.2) is 17.5 Å². The van der Waals surface area contributed by atoms with E-state index < -0.39 is 0 Å². The van der Waals surface area contributed by atoms with Crippen LogP contribution in [0.4, 0.5) is 0 Å². The van der Waals surface area contributed by atoms with Crippen molar-refractivity contribution in [1.29, 1.82) is 0 Å². The molecule has 0 aromatic heterocycles. The summed E-state index contributed by atoms with van der Waals surface area (Å²) in [7, 11) is 3.26. The fourth-order valence-electron chi connectivity index (χ4n) is 2.50. The second kappa shape index (κ2) is 11.8. The Bertz CT molecular complexity index is 705. The molecule has 0 radical (unpaired) electrons. The average Bonchev–Trinajstić information content (AvgIpc) is 2.72. The van der Waals surface area contributed by atoms with E-state index in [1.54, 1.807) is 14.2 Å². The highest BCUT2D eigenvalue weighted by Crippen LogP contribution is 2.27. The van der Waals surface area contributed by atoms with E-state index in [0.29, 0.717) is 37.8 Å². The van der Waals surface area contributed by atoms with Gasteiger partial charge in [-0.3, -0.25) is 0 Å². The molecule has 6 heteroatoms. The number of nitrogens with one attached hydrogen (secondary N) is 2. The Morgan fingerprint density at radius 1 is 0.926 bits per heavy atom. The molecule has 2 aromatic carbocycles. The van der Waals surface area contributed by atoms with Gasteiger partial charge in [-0.25, -0.2) is 4.99 Å². The summed E-state index contributed by atoms with van der Waals surface area (Å²) in [5, 5.41) is 6.53. The Labute approximate surface area is 161 Å². The number of rotatable bonds is 10. The first-order valence-electron chi connectivity index (χ1n) is 9.11. The molecule has 0 aliphatic carbocycles. The SMILES string of the molecule is CCNC(=NCc1ccc(OC)c(OC)c1)NCCOCc1ccccc1. The third-order valence-corrected chi connectivity index (χ3v) is 3.86. The van der Waals surface area contributed by atoms with Crippen LogP contribution in [0.2, 0.25) is 0 Å². The predicted octanol–water partition coefficient (Wildman–Crippen LogP) is 2.98. The number of ether oxygens (including phenoxy) is 3. The summed E-state index contributed by atoms with van der Waals surface area (Å²) >= 11 is 0. The zero-order chi connectivity index (χ0) is 19.3. The van der Waals surface area contributed by atoms with Crippen molar-refractivity contribution in [2.75, 3.05) is 33.9 Å². The van der Waals surface area contributed by atoms with E-state index in [4.69, 9.17) is 14.2 Å². The van der Waals surface area contributed by atoms with Crippen molar-refractivity contribution in [3.63, 3.8) is 0 Å². The molecular formula is C21H29N3O3. The Hall–Kier alpha value is -2.73. The van der Waals surface area contributed by atoms with E-state index in [9.17, 15) is 0 Å². The number of benzene rings is 2. The minimum absolute atomic E-state index is 0.542. The fraction of sp³-hybridized carbons (Fsp3) is 0.381. The van der Waals surface area contributed by atoms with E-state index in [0.717, 1.165) is 18.1 Å². The highest BCUT2D eigenvalue weighted by molar-refractivity contribution is 5.79. The topological polar surface area (TPSA) is 64.1 Å². The predicted molar refractivity (Wildman–Crippen MR) is 108 cm³/mol. The van der Waals surface area contributed by atoms with Gasteiger partial charge in [0.05, 0.1) is 34.0 Å². The van der Waals surface area contributed by atoms with E-state index >= 15 is 0 Å². The molecule has 0 fully saturated rings. The molecule has 2 N–H and O–H groups in total. The van der Waals surface area contributed by atoms with Crippen LogP contribution >= 0.6 is 0 Å². The minimum atomic E-state index is 0.542. The number of aliphatic imine (C=N–C) groups is 1. The molecule has 0 heterocycles. The molecule has 2 rings (SSSR count). The first-order chi connectivity index (χ1) is 13.3. The largest absolute Gasteiger partial charge is 0.493 e. The molecule has 2 aromatic rings. The molecule has 146 valence electrons. The molecule has 0 saturated carbocycles. The zero-order valence-electron chi connectivity index (χ0n) is 16.3. The lowest BCUT2D eigenvalue weighted by molar-refractivity contribution is 0.125. The summed E-state index contributed by atoms with van der Waals surface area (Å²) in [6.07, 6.45) is 0. The van der Waals surface area contributed by atoms with Crippen molar-refractivity contribution in [3.05, 3.63) is 59.7 Å². The van der Waals surface area contributed by atoms with Crippen LogP contribution in [-0.4, -0.2) is 39.9 Å². The van der Waals surface area contributed by atoms with Gasteiger partial charge in [0.2, 0.25) is 0 Å². The van der Waals surface area contributed by atoms with Crippen LogP contribution in [-0.2, 0) is 17.9 Å². The number of guanidine groups is 1. The Morgan fingerprint density at radius 2 is 1.70 bits per heavy atom. The number of hydrogen-bond donors (Lipinski definition) is 2. The molecule has 0 unspecified atom stereocenters. The normalized spacial score (nSPS) is 11.1. The van der Waals surface area contributed by atoms with Crippen molar-refractivity contribution in [1.82, 2.24) is 10.6 Å². The third kappa shape index (κ3) is 7.19. The molecule has 0 atom stereocenters. The average molecular weight is 371 g/mol. The maximum atomic E-state index is 5.69. The monoisotopic (exact) mass is 371 g/mol. The number of nitrogens with zero attached hydrogens (tertiary/aromatic N) is 1. The summed E-state index contributed by atoms with van der Waals surface area (Å²) in [6.45, 7) is 5.28. The summed E-state index contributed by atoms with van der Waals surface area (Å²) in [6, 6.07) is 16.0. The zero-order valence-corrected chi connectivity index (χ0v) is 16.3. The lowest BCUT2D eigenvalue weighted by Crippen LogP contribution is -2.38. The Morgan fingerprint density at radius 3 is 2.41 bits per heavy atom. The van der Waals surface area contributed by atoms with Crippen molar-refractivity contribution >= 4 is 5.96 Å². The van der Waals surface area contributed by atoms with Gasteiger partial charge in [-0.15, -0.1) is 0 Å². The number of methoxy groups -OCH3 is 2. The second-order valence-electron chi connectivity index (χ2n) is 5.85. The standard InChI is InChI=1S/C21H29N3O3/c1-4-22-21(23-12-13-27-16-17-8-6-5-7-9-17)24-15-18-10-11-19(25-2)20(14-18)26-3/h5-11,14H,4,12-13,15-16H2,1-3H3,(H2,22,23,24). The van der Waals surface area contributed by atoms with E-state index in [-0.39, 0.29) is 0 Å². The summed E-state index contributed by atoms with van der Waals surface area (Å²) < 4.78 is 16.3. The lowest BCUT2D eigenvalue weighted by Gasteiger charge is -2.12. The minimum Gasteiger partial charge on any atom is -0.493 e. The van der Waals surface area contributed by atoms with Crippen molar-refractivity contribution in [2.24, 2.45) is 4.99 Å². The molecule has 0 aliphatic rings. The maximum absolute atomic E-state index is 5.69. The first-order valence-corrected chi connectivity index (χ1v) is 9.11. The van der Waals surface area contributed by atoms with Gasteiger partial charge < -0.3 is 24.8 Å². The smallest absolute Gasteiger partial charge is 0.191 e. The van der Waals surface area contributed by atoms with Gasteiger partial charge in [-0.05, 0) is 30.2 Å². The van der Waals surface area contributed by atoms with Gasteiger partial charge in [-0.2, -0.15) is 0 Å². The first kappa shape index (κ1) is 20.6. The summed E-state index contributed by atoms with van der Waals surface area (Å²) in [5.74, 6) is 2.18. The maximum Gasteiger partial charge on any atom is 0.191 e. The van der Waals surface area contributed by atoms with Gasteiger partial charge in [0, 0.05) is 13.1 Å². The van der Waals surface area contributed by atoms with Crippen LogP contribution in [0.1, 0.15) is 18.1 Å². The highest BCUT2D eigenvalue weighted by atomic mass is 16.5.